The van der Waals surface area contributed by atoms with Gasteiger partial charge in [0.25, 0.3) is 0 Å². The third kappa shape index (κ3) is 4.35. The Kier molecular flexibility index (Phi) is 4.87. The normalized spacial score (nSPS) is 12.0. The van der Waals surface area contributed by atoms with Gasteiger partial charge in [-0.1, -0.05) is 20.8 Å². The minimum atomic E-state index is -5.01. The van der Waals surface area contributed by atoms with Gasteiger partial charge in [-0.3, -0.25) is 15.6 Å². The van der Waals surface area contributed by atoms with Crippen molar-refractivity contribution in [2.45, 2.75) is 32.4 Å². The Morgan fingerprint density at radius 2 is 1.81 bits per heavy atom. The molecule has 0 fully saturated rings. The van der Waals surface area contributed by atoms with Crippen molar-refractivity contribution in [3.8, 4) is 0 Å². The molecule has 0 aliphatic rings. The first-order chi connectivity index (χ1) is 9.46. The molecule has 0 aliphatic heterocycles. The smallest absolute Gasteiger partial charge is 0.465 e. The van der Waals surface area contributed by atoms with Gasteiger partial charge in [0.2, 0.25) is 0 Å². The number of methoxy groups -OCH3 is 1. The number of halogens is 3. The van der Waals surface area contributed by atoms with Crippen molar-refractivity contribution >= 4 is 28.9 Å². The molecule has 2 N–H and O–H groups in total. The van der Waals surface area contributed by atoms with Gasteiger partial charge in [-0.2, -0.15) is 13.2 Å². The molecule has 0 aliphatic carbocycles. The number of carbonyl (C=O) groups excluding carboxylic acids is 2. The molecule has 0 atom stereocenters. The highest BCUT2D eigenvalue weighted by atomic mass is 32.1. The Balaban J connectivity index is 3.02. The molecule has 0 unspecified atom stereocenters. The summed E-state index contributed by atoms with van der Waals surface area (Å²) in [4.78, 5) is 23.3. The monoisotopic (exact) mass is 324 g/mol. The number of amides is 1. The molecular formula is C12H15F3N2O3S. The maximum Gasteiger partial charge on any atom is 0.472 e. The zero-order valence-electron chi connectivity index (χ0n) is 11.8. The molecular weight excluding hydrogens is 309 g/mol. The predicted octanol–water partition coefficient (Wildman–Crippen LogP) is 2.84. The van der Waals surface area contributed by atoms with Gasteiger partial charge >= 0.3 is 18.1 Å². The summed E-state index contributed by atoms with van der Waals surface area (Å²) in [5, 5.41) is 0. The molecule has 1 amide bonds. The van der Waals surface area contributed by atoms with E-state index >= 15 is 0 Å². The van der Waals surface area contributed by atoms with Crippen LogP contribution >= 0.6 is 11.3 Å². The number of hydrazine groups is 1. The van der Waals surface area contributed by atoms with Gasteiger partial charge < -0.3 is 4.74 Å². The Labute approximate surface area is 123 Å². The second-order valence-corrected chi connectivity index (χ2v) is 6.22. The van der Waals surface area contributed by atoms with Crippen LogP contribution in [-0.2, 0) is 14.9 Å². The molecule has 1 aromatic heterocycles. The molecule has 0 spiro atoms. The van der Waals surface area contributed by atoms with E-state index in [4.69, 9.17) is 0 Å². The fourth-order valence-electron chi connectivity index (χ4n) is 1.29. The van der Waals surface area contributed by atoms with E-state index in [2.05, 4.69) is 10.2 Å². The minimum absolute atomic E-state index is 0.0642. The van der Waals surface area contributed by atoms with Gasteiger partial charge in [-0.15, -0.1) is 11.3 Å². The average Bonchev–Trinajstić information content (AvgIpc) is 2.77. The molecule has 1 heterocycles. The van der Waals surface area contributed by atoms with Crippen molar-refractivity contribution in [2.24, 2.45) is 0 Å². The van der Waals surface area contributed by atoms with Crippen molar-refractivity contribution in [2.75, 3.05) is 12.5 Å². The summed E-state index contributed by atoms with van der Waals surface area (Å²) >= 11 is 1.09. The lowest BCUT2D eigenvalue weighted by atomic mass is 9.95. The van der Waals surface area contributed by atoms with Crippen LogP contribution in [-0.4, -0.2) is 25.2 Å². The number of anilines is 1. The van der Waals surface area contributed by atoms with Crippen LogP contribution in [0.25, 0.3) is 0 Å². The molecule has 0 saturated carbocycles. The highest BCUT2D eigenvalue weighted by Crippen LogP contribution is 2.35. The van der Waals surface area contributed by atoms with Gasteiger partial charge in [-0.25, -0.2) is 4.79 Å². The van der Waals surface area contributed by atoms with Crippen molar-refractivity contribution in [1.29, 1.82) is 0 Å². The Hall–Kier alpha value is -1.77. The molecule has 9 heteroatoms. The minimum Gasteiger partial charge on any atom is -0.465 e. The second kappa shape index (κ2) is 5.92. The Morgan fingerprint density at radius 1 is 1.24 bits per heavy atom. The van der Waals surface area contributed by atoms with Crippen LogP contribution in [0.2, 0.25) is 0 Å². The van der Waals surface area contributed by atoms with Crippen LogP contribution in [0, 0.1) is 0 Å². The van der Waals surface area contributed by atoms with E-state index in [1.165, 1.54) is 11.5 Å². The van der Waals surface area contributed by atoms with Crippen LogP contribution in [0.15, 0.2) is 6.07 Å². The van der Waals surface area contributed by atoms with E-state index in [-0.39, 0.29) is 16.0 Å². The zero-order chi connectivity index (χ0) is 16.4. The number of nitrogens with one attached hydrogen (secondary N) is 2. The quantitative estimate of drug-likeness (QED) is 0.663. The van der Waals surface area contributed by atoms with E-state index in [1.807, 2.05) is 20.8 Å². The number of thiophene rings is 1. The van der Waals surface area contributed by atoms with Gasteiger partial charge in [0, 0.05) is 4.88 Å². The van der Waals surface area contributed by atoms with Gasteiger partial charge in [-0.05, 0) is 11.5 Å². The lowest BCUT2D eigenvalue weighted by Crippen LogP contribution is -2.40. The van der Waals surface area contributed by atoms with Gasteiger partial charge in [0.15, 0.2) is 0 Å². The molecule has 0 aromatic carbocycles. The highest BCUT2D eigenvalue weighted by Gasteiger charge is 2.39. The molecule has 5 nitrogen and oxygen atoms in total. The number of hydrogen-bond donors (Lipinski definition) is 2. The van der Waals surface area contributed by atoms with E-state index in [0.29, 0.717) is 0 Å². The molecule has 1 rings (SSSR count). The number of alkyl halides is 3. The third-order valence-electron chi connectivity index (χ3n) is 2.41. The summed E-state index contributed by atoms with van der Waals surface area (Å²) in [5.41, 5.74) is 3.39. The lowest BCUT2D eigenvalue weighted by Gasteiger charge is -2.15. The fraction of sp³-hybridized carbons (Fsp3) is 0.500. The Bertz CT molecular complexity index is 547. The highest BCUT2D eigenvalue weighted by molar-refractivity contribution is 7.14. The molecule has 0 radical (unpaired) electrons. The summed E-state index contributed by atoms with van der Waals surface area (Å²) in [5.74, 6) is -2.85. The van der Waals surface area contributed by atoms with Gasteiger partial charge in [0.05, 0.1) is 12.8 Å². The third-order valence-corrected chi connectivity index (χ3v) is 3.95. The molecule has 118 valence electrons. The fourth-order valence-corrected chi connectivity index (χ4v) is 2.38. The summed E-state index contributed by atoms with van der Waals surface area (Å²) in [6.07, 6.45) is -5.01. The summed E-state index contributed by atoms with van der Waals surface area (Å²) in [6, 6.07) is 1.51. The number of hydrogen-bond acceptors (Lipinski definition) is 5. The number of esters is 1. The lowest BCUT2D eigenvalue weighted by molar-refractivity contribution is -0.173. The number of rotatable bonds is 3. The number of carbonyl (C=O) groups is 2. The zero-order valence-corrected chi connectivity index (χ0v) is 12.7. The number of ether oxygens (including phenoxy) is 1. The van der Waals surface area contributed by atoms with Crippen LogP contribution < -0.4 is 10.9 Å². The molecule has 21 heavy (non-hydrogen) atoms. The summed E-state index contributed by atoms with van der Waals surface area (Å²) in [6.45, 7) is 5.66. The van der Waals surface area contributed by atoms with Crippen LogP contribution in [0.3, 0.4) is 0 Å². The summed E-state index contributed by atoms with van der Waals surface area (Å²) in [7, 11) is 1.16. The largest absolute Gasteiger partial charge is 0.472 e. The van der Waals surface area contributed by atoms with E-state index in [9.17, 15) is 22.8 Å². The second-order valence-electron chi connectivity index (χ2n) is 5.17. The predicted molar refractivity (Wildman–Crippen MR) is 72.2 cm³/mol. The molecule has 0 saturated heterocycles. The van der Waals surface area contributed by atoms with Crippen LogP contribution in [0.5, 0.6) is 0 Å². The first-order valence-electron chi connectivity index (χ1n) is 5.82. The Morgan fingerprint density at radius 3 is 2.24 bits per heavy atom. The maximum absolute atomic E-state index is 12.1. The SMILES string of the molecule is COC(=O)c1sc(C(C)(C)C)cc1NNC(=O)C(F)(F)F. The van der Waals surface area contributed by atoms with Crippen molar-refractivity contribution in [3.63, 3.8) is 0 Å². The maximum atomic E-state index is 12.1. The van der Waals surface area contributed by atoms with Crippen molar-refractivity contribution < 1.29 is 27.5 Å². The van der Waals surface area contributed by atoms with E-state index < -0.39 is 18.1 Å². The van der Waals surface area contributed by atoms with Gasteiger partial charge in [0.1, 0.15) is 4.88 Å². The average molecular weight is 324 g/mol. The topological polar surface area (TPSA) is 67.4 Å². The first-order valence-corrected chi connectivity index (χ1v) is 6.64. The van der Waals surface area contributed by atoms with Crippen LogP contribution in [0.1, 0.15) is 35.3 Å². The van der Waals surface area contributed by atoms with E-state index in [0.717, 1.165) is 23.3 Å². The van der Waals surface area contributed by atoms with Crippen LogP contribution in [0.4, 0.5) is 18.9 Å². The summed E-state index contributed by atoms with van der Waals surface area (Å²) < 4.78 is 41.0. The first kappa shape index (κ1) is 17.3. The van der Waals surface area contributed by atoms with E-state index in [1.54, 1.807) is 0 Å². The van der Waals surface area contributed by atoms with Crippen molar-refractivity contribution in [3.05, 3.63) is 15.8 Å². The van der Waals surface area contributed by atoms with Crippen molar-refractivity contribution in [1.82, 2.24) is 5.43 Å². The molecule has 1 aromatic rings. The molecule has 0 bridgehead atoms. The standard InChI is InChI=1S/C12H15F3N2O3S/c1-11(2,3)7-5-6(8(21-7)9(18)20-4)16-17-10(19)12(13,14)15/h5,16H,1-4H3,(H,17,19).